The van der Waals surface area contributed by atoms with Crippen molar-refractivity contribution in [2.75, 3.05) is 6.61 Å². The molecule has 1 saturated heterocycles. The molecular formula is C13H15NO4. The van der Waals surface area contributed by atoms with E-state index in [-0.39, 0.29) is 24.6 Å². The summed E-state index contributed by atoms with van der Waals surface area (Å²) in [5.74, 6) is -0.370. The van der Waals surface area contributed by atoms with E-state index in [1.54, 1.807) is 12.1 Å². The summed E-state index contributed by atoms with van der Waals surface area (Å²) < 4.78 is 10.6. The van der Waals surface area contributed by atoms with Gasteiger partial charge in [0.2, 0.25) is 0 Å². The summed E-state index contributed by atoms with van der Waals surface area (Å²) in [4.78, 5) is 26.6. The van der Waals surface area contributed by atoms with E-state index in [2.05, 4.69) is 4.98 Å². The summed E-state index contributed by atoms with van der Waals surface area (Å²) in [6.07, 6.45) is 4.00. The van der Waals surface area contributed by atoms with Crippen LogP contribution in [0.1, 0.15) is 30.1 Å². The quantitative estimate of drug-likeness (QED) is 0.754. The van der Waals surface area contributed by atoms with Crippen LogP contribution in [0.25, 0.3) is 0 Å². The number of rotatable bonds is 4. The van der Waals surface area contributed by atoms with E-state index in [0.717, 1.165) is 6.42 Å². The molecule has 2 heterocycles. The molecule has 1 aromatic rings. The molecule has 0 aromatic carbocycles. The first kappa shape index (κ1) is 12.7. The highest BCUT2D eigenvalue weighted by atomic mass is 16.6. The molecule has 1 fully saturated rings. The van der Waals surface area contributed by atoms with E-state index in [9.17, 15) is 9.59 Å². The molecule has 0 saturated carbocycles. The Morgan fingerprint density at radius 3 is 2.72 bits per heavy atom. The lowest BCUT2D eigenvalue weighted by Gasteiger charge is -2.12. The van der Waals surface area contributed by atoms with Gasteiger partial charge in [0.25, 0.3) is 0 Å². The van der Waals surface area contributed by atoms with Crippen molar-refractivity contribution >= 4 is 11.8 Å². The minimum Gasteiger partial charge on any atom is -0.459 e. The Hall–Kier alpha value is -1.75. The molecule has 0 radical (unpaired) electrons. The number of pyridine rings is 1. The molecule has 1 aliphatic heterocycles. The van der Waals surface area contributed by atoms with Crippen LogP contribution in [0, 0.1) is 0 Å². The van der Waals surface area contributed by atoms with Crippen LogP contribution in [-0.4, -0.2) is 35.6 Å². The Bertz CT molecular complexity index is 432. The van der Waals surface area contributed by atoms with Gasteiger partial charge >= 0.3 is 5.97 Å². The molecule has 2 rings (SSSR count). The van der Waals surface area contributed by atoms with Crippen molar-refractivity contribution in [2.45, 2.75) is 32.0 Å². The van der Waals surface area contributed by atoms with E-state index < -0.39 is 5.97 Å². The molecule has 0 amide bonds. The van der Waals surface area contributed by atoms with Crippen molar-refractivity contribution < 1.29 is 19.1 Å². The van der Waals surface area contributed by atoms with E-state index in [0.29, 0.717) is 12.0 Å². The first-order chi connectivity index (χ1) is 8.66. The van der Waals surface area contributed by atoms with Crippen LogP contribution < -0.4 is 0 Å². The van der Waals surface area contributed by atoms with Gasteiger partial charge in [-0.15, -0.1) is 0 Å². The van der Waals surface area contributed by atoms with Gasteiger partial charge < -0.3 is 9.47 Å². The predicted molar refractivity (Wildman–Crippen MR) is 63.1 cm³/mol. The maximum Gasteiger partial charge on any atom is 0.338 e. The minimum atomic E-state index is -0.396. The summed E-state index contributed by atoms with van der Waals surface area (Å²) >= 11 is 0. The Morgan fingerprint density at radius 2 is 2.11 bits per heavy atom. The Morgan fingerprint density at radius 1 is 1.39 bits per heavy atom. The minimum absolute atomic E-state index is 0.0259. The number of esters is 1. The Labute approximate surface area is 105 Å². The van der Waals surface area contributed by atoms with Gasteiger partial charge in [0, 0.05) is 12.4 Å². The molecular weight excluding hydrogens is 234 g/mol. The maximum atomic E-state index is 11.6. The van der Waals surface area contributed by atoms with Crippen molar-refractivity contribution in [3.63, 3.8) is 0 Å². The van der Waals surface area contributed by atoms with Crippen LogP contribution in [-0.2, 0) is 14.3 Å². The van der Waals surface area contributed by atoms with Gasteiger partial charge in [-0.05, 0) is 31.9 Å². The van der Waals surface area contributed by atoms with Gasteiger partial charge in [0.05, 0.1) is 11.7 Å². The summed E-state index contributed by atoms with van der Waals surface area (Å²) in [5.41, 5.74) is 0.464. The third-order valence-electron chi connectivity index (χ3n) is 2.88. The van der Waals surface area contributed by atoms with Gasteiger partial charge in [-0.25, -0.2) is 4.79 Å². The van der Waals surface area contributed by atoms with E-state index >= 15 is 0 Å². The zero-order valence-corrected chi connectivity index (χ0v) is 10.2. The van der Waals surface area contributed by atoms with Crippen LogP contribution in [0.5, 0.6) is 0 Å². The monoisotopic (exact) mass is 249 g/mol. The highest BCUT2D eigenvalue weighted by molar-refractivity contribution is 5.89. The Balaban J connectivity index is 1.79. The average Bonchev–Trinajstić information content (AvgIpc) is 2.86. The predicted octanol–water partition coefficient (Wildman–Crippen LogP) is 1.38. The number of hydrogen-bond donors (Lipinski definition) is 0. The fourth-order valence-electron chi connectivity index (χ4n) is 1.87. The van der Waals surface area contributed by atoms with Crippen molar-refractivity contribution in [2.24, 2.45) is 0 Å². The first-order valence-electron chi connectivity index (χ1n) is 5.90. The largest absolute Gasteiger partial charge is 0.459 e. The van der Waals surface area contributed by atoms with Crippen LogP contribution in [0.4, 0.5) is 0 Å². The second-order valence-electron chi connectivity index (χ2n) is 4.27. The number of Topliss-reactive ketones (excluding diaryl/α,β-unsaturated/α-hetero) is 1. The molecule has 18 heavy (non-hydrogen) atoms. The normalized spacial score (nSPS) is 22.7. The average molecular weight is 249 g/mol. The number of hydrogen-bond acceptors (Lipinski definition) is 5. The molecule has 1 aromatic heterocycles. The standard InChI is InChI=1S/C13H15NO4/c1-9(15)12-3-2-11(18-12)8-17-13(16)10-4-6-14-7-5-10/h4-7,11-12H,2-3,8H2,1H3. The van der Waals surface area contributed by atoms with E-state index in [4.69, 9.17) is 9.47 Å². The molecule has 0 spiro atoms. The van der Waals surface area contributed by atoms with Crippen LogP contribution >= 0.6 is 0 Å². The molecule has 5 nitrogen and oxygen atoms in total. The van der Waals surface area contributed by atoms with Crippen LogP contribution in [0.2, 0.25) is 0 Å². The van der Waals surface area contributed by atoms with Gasteiger partial charge in [-0.1, -0.05) is 0 Å². The number of ketones is 1. The first-order valence-corrected chi connectivity index (χ1v) is 5.90. The lowest BCUT2D eigenvalue weighted by atomic mass is 10.1. The van der Waals surface area contributed by atoms with Gasteiger partial charge in [0.1, 0.15) is 12.7 Å². The maximum absolute atomic E-state index is 11.6. The molecule has 1 aliphatic rings. The van der Waals surface area contributed by atoms with Crippen molar-refractivity contribution in [1.82, 2.24) is 4.98 Å². The van der Waals surface area contributed by atoms with Crippen molar-refractivity contribution in [3.05, 3.63) is 30.1 Å². The van der Waals surface area contributed by atoms with E-state index in [1.807, 2.05) is 0 Å². The number of nitrogens with zero attached hydrogens (tertiary/aromatic N) is 1. The number of ether oxygens (including phenoxy) is 2. The molecule has 96 valence electrons. The van der Waals surface area contributed by atoms with Gasteiger partial charge in [-0.2, -0.15) is 0 Å². The zero-order valence-electron chi connectivity index (χ0n) is 10.2. The van der Waals surface area contributed by atoms with Crippen LogP contribution in [0.15, 0.2) is 24.5 Å². The zero-order chi connectivity index (χ0) is 13.0. The molecule has 0 bridgehead atoms. The summed E-state index contributed by atoms with van der Waals surface area (Å²) in [5, 5.41) is 0. The fourth-order valence-corrected chi connectivity index (χ4v) is 1.87. The fraction of sp³-hybridized carbons (Fsp3) is 0.462. The highest BCUT2D eigenvalue weighted by Gasteiger charge is 2.29. The van der Waals surface area contributed by atoms with Crippen molar-refractivity contribution in [3.8, 4) is 0 Å². The Kier molecular flexibility index (Phi) is 4.04. The second-order valence-corrected chi connectivity index (χ2v) is 4.27. The highest BCUT2D eigenvalue weighted by Crippen LogP contribution is 2.20. The molecule has 5 heteroatoms. The van der Waals surface area contributed by atoms with Crippen molar-refractivity contribution in [1.29, 1.82) is 0 Å². The summed E-state index contributed by atoms with van der Waals surface area (Å²) in [6, 6.07) is 3.19. The number of aromatic nitrogens is 1. The lowest BCUT2D eigenvalue weighted by Crippen LogP contribution is -2.22. The third-order valence-corrected chi connectivity index (χ3v) is 2.88. The van der Waals surface area contributed by atoms with E-state index in [1.165, 1.54) is 19.3 Å². The summed E-state index contributed by atoms with van der Waals surface area (Å²) in [7, 11) is 0. The molecule has 2 unspecified atom stereocenters. The number of carbonyl (C=O) groups is 2. The molecule has 0 N–H and O–H groups in total. The molecule has 0 aliphatic carbocycles. The summed E-state index contributed by atoms with van der Waals surface area (Å²) in [6.45, 7) is 1.70. The SMILES string of the molecule is CC(=O)C1CCC(COC(=O)c2ccncc2)O1. The smallest absolute Gasteiger partial charge is 0.338 e. The second kappa shape index (κ2) is 5.73. The molecule has 2 atom stereocenters. The van der Waals surface area contributed by atoms with Gasteiger partial charge in [0.15, 0.2) is 5.78 Å². The van der Waals surface area contributed by atoms with Crippen LogP contribution in [0.3, 0.4) is 0 Å². The van der Waals surface area contributed by atoms with Gasteiger partial charge in [-0.3, -0.25) is 9.78 Å². The lowest BCUT2D eigenvalue weighted by molar-refractivity contribution is -0.128. The topological polar surface area (TPSA) is 65.5 Å². The number of carbonyl (C=O) groups excluding carboxylic acids is 2. The third kappa shape index (κ3) is 3.13.